The van der Waals surface area contributed by atoms with Gasteiger partial charge >= 0.3 is 0 Å². The number of hydrogen-bond acceptors (Lipinski definition) is 3. The molecular formula is C30H39NO2. The van der Waals surface area contributed by atoms with Crippen LogP contribution in [0, 0.1) is 5.92 Å². The summed E-state index contributed by atoms with van der Waals surface area (Å²) in [5.74, 6) is 2.00. The fraction of sp³-hybridized carbons (Fsp3) is 0.500. The maximum absolute atomic E-state index is 13.0. The van der Waals surface area contributed by atoms with E-state index in [0.29, 0.717) is 24.7 Å². The number of Topliss-reactive ketones (excluding diaryl/α,β-unsaturated/α-hetero) is 1. The van der Waals surface area contributed by atoms with Gasteiger partial charge in [0.05, 0.1) is 13.2 Å². The molecule has 33 heavy (non-hydrogen) atoms. The summed E-state index contributed by atoms with van der Waals surface area (Å²) in [7, 11) is 0. The minimum Gasteiger partial charge on any atom is -0.493 e. The van der Waals surface area contributed by atoms with E-state index in [4.69, 9.17) is 4.74 Å². The van der Waals surface area contributed by atoms with Gasteiger partial charge in [-0.15, -0.1) is 0 Å². The van der Waals surface area contributed by atoms with Crippen molar-refractivity contribution >= 4 is 5.78 Å². The Morgan fingerprint density at radius 1 is 1.12 bits per heavy atom. The van der Waals surface area contributed by atoms with Crippen LogP contribution in [0.4, 0.5) is 0 Å². The monoisotopic (exact) mass is 445 g/mol. The number of aryl methyl sites for hydroxylation is 1. The van der Waals surface area contributed by atoms with Gasteiger partial charge in [0.2, 0.25) is 0 Å². The first-order chi connectivity index (χ1) is 16.1. The molecule has 0 atom stereocenters. The van der Waals surface area contributed by atoms with E-state index in [0.717, 1.165) is 63.1 Å². The zero-order chi connectivity index (χ0) is 23.0. The topological polar surface area (TPSA) is 29.5 Å². The molecule has 1 fully saturated rings. The molecule has 176 valence electrons. The molecule has 3 aliphatic rings. The van der Waals surface area contributed by atoms with Crippen molar-refractivity contribution in [2.75, 3.05) is 19.7 Å². The molecule has 0 saturated heterocycles. The van der Waals surface area contributed by atoms with Crippen molar-refractivity contribution in [3.8, 4) is 5.75 Å². The zero-order valence-electron chi connectivity index (χ0n) is 20.1. The second-order valence-electron chi connectivity index (χ2n) is 10.1. The third-order valence-corrected chi connectivity index (χ3v) is 7.31. The molecule has 0 bridgehead atoms. The molecule has 0 amide bonds. The predicted molar refractivity (Wildman–Crippen MR) is 136 cm³/mol. The van der Waals surface area contributed by atoms with Crippen LogP contribution in [-0.2, 0) is 17.6 Å². The normalized spacial score (nSPS) is 17.0. The van der Waals surface area contributed by atoms with Gasteiger partial charge in [0, 0.05) is 25.1 Å². The number of hydrogen-bond donors (Lipinski definition) is 0. The van der Waals surface area contributed by atoms with Gasteiger partial charge in [-0.3, -0.25) is 4.79 Å². The highest BCUT2D eigenvalue weighted by Crippen LogP contribution is 2.29. The summed E-state index contributed by atoms with van der Waals surface area (Å²) < 4.78 is 5.69. The molecule has 0 radical (unpaired) electrons. The van der Waals surface area contributed by atoms with Crippen molar-refractivity contribution in [3.05, 3.63) is 77.6 Å². The molecule has 1 saturated carbocycles. The summed E-state index contributed by atoms with van der Waals surface area (Å²) in [4.78, 5) is 15.2. The average Bonchev–Trinajstić information content (AvgIpc) is 3.58. The lowest BCUT2D eigenvalue weighted by molar-refractivity contribution is -0.119. The minimum absolute atomic E-state index is 0.302. The van der Waals surface area contributed by atoms with Crippen LogP contribution in [0.25, 0.3) is 0 Å². The quantitative estimate of drug-likeness (QED) is 0.315. The molecule has 0 spiro atoms. The van der Waals surface area contributed by atoms with Crippen molar-refractivity contribution in [2.45, 2.75) is 70.6 Å². The van der Waals surface area contributed by atoms with E-state index < -0.39 is 0 Å². The van der Waals surface area contributed by atoms with Gasteiger partial charge in [-0.25, -0.2) is 0 Å². The molecule has 1 heterocycles. The Hall–Kier alpha value is -2.55. The Morgan fingerprint density at radius 3 is 2.76 bits per heavy atom. The molecule has 3 nitrogen and oxygen atoms in total. The summed E-state index contributed by atoms with van der Waals surface area (Å²) in [5.41, 5.74) is 6.28. The molecule has 1 aliphatic heterocycles. The molecule has 3 heteroatoms. The smallest absolute Gasteiger partial charge is 0.152 e. The van der Waals surface area contributed by atoms with Gasteiger partial charge in [0.1, 0.15) is 5.75 Å². The summed E-state index contributed by atoms with van der Waals surface area (Å²) >= 11 is 0. The molecule has 0 unspecified atom stereocenters. The fourth-order valence-electron chi connectivity index (χ4n) is 5.26. The van der Waals surface area contributed by atoms with E-state index in [-0.39, 0.29) is 0 Å². The van der Waals surface area contributed by atoms with Gasteiger partial charge in [0.25, 0.3) is 0 Å². The first kappa shape index (κ1) is 23.6. The standard InChI is InChI=1S/C30H39NO2/c1-23(19-25-7-3-4-8-25)11-12-24(2)31(21-27-9-5-6-10-27)22-29(32)16-14-26-13-15-28-17-18-33-30(28)20-26/h3-4,7,13,15,20,27H,1-2,5-6,8-12,14,16-19,21-22H2. The molecule has 2 aliphatic carbocycles. The highest BCUT2D eigenvalue weighted by molar-refractivity contribution is 5.81. The SMILES string of the molecule is C=C(CCC(=C)N(CC(=O)CCc1ccc2c(c1)OCC2)CC1CCCC1)CC1=CC=CC1. The first-order valence-corrected chi connectivity index (χ1v) is 12.8. The van der Waals surface area contributed by atoms with Crippen molar-refractivity contribution in [1.29, 1.82) is 0 Å². The van der Waals surface area contributed by atoms with E-state index in [1.807, 2.05) is 0 Å². The van der Waals surface area contributed by atoms with Gasteiger partial charge in [0.15, 0.2) is 5.78 Å². The lowest BCUT2D eigenvalue weighted by atomic mass is 10.00. The Bertz CT molecular complexity index is 933. The van der Waals surface area contributed by atoms with Crippen LogP contribution < -0.4 is 4.74 Å². The van der Waals surface area contributed by atoms with Crippen LogP contribution in [0.2, 0.25) is 0 Å². The Kier molecular flexibility index (Phi) is 8.25. The first-order valence-electron chi connectivity index (χ1n) is 12.8. The second-order valence-corrected chi connectivity index (χ2v) is 10.1. The van der Waals surface area contributed by atoms with Gasteiger partial charge in [-0.1, -0.05) is 67.5 Å². The number of benzene rings is 1. The number of ether oxygens (including phenoxy) is 1. The predicted octanol–water partition coefficient (Wildman–Crippen LogP) is 6.74. The third kappa shape index (κ3) is 6.96. The Labute approximate surface area is 199 Å². The third-order valence-electron chi connectivity index (χ3n) is 7.31. The highest BCUT2D eigenvalue weighted by atomic mass is 16.5. The van der Waals surface area contributed by atoms with E-state index in [1.165, 1.54) is 48.0 Å². The average molecular weight is 446 g/mol. The number of carbonyl (C=O) groups excluding carboxylic acids is 1. The number of allylic oxidation sites excluding steroid dienone is 6. The molecule has 4 rings (SSSR count). The Balaban J connectivity index is 1.27. The van der Waals surface area contributed by atoms with E-state index >= 15 is 0 Å². The number of rotatable bonds is 13. The molecule has 1 aromatic carbocycles. The van der Waals surface area contributed by atoms with Crippen molar-refractivity contribution < 1.29 is 9.53 Å². The molecule has 0 aromatic heterocycles. The van der Waals surface area contributed by atoms with Gasteiger partial charge in [-0.2, -0.15) is 0 Å². The minimum atomic E-state index is 0.302. The van der Waals surface area contributed by atoms with E-state index in [1.54, 1.807) is 0 Å². The summed E-state index contributed by atoms with van der Waals surface area (Å²) in [5, 5.41) is 0. The lowest BCUT2D eigenvalue weighted by Gasteiger charge is -2.29. The van der Waals surface area contributed by atoms with Crippen molar-refractivity contribution in [3.63, 3.8) is 0 Å². The maximum Gasteiger partial charge on any atom is 0.152 e. The Morgan fingerprint density at radius 2 is 1.97 bits per heavy atom. The number of ketones is 1. The zero-order valence-corrected chi connectivity index (χ0v) is 20.1. The van der Waals surface area contributed by atoms with Gasteiger partial charge < -0.3 is 9.64 Å². The number of carbonyl (C=O) groups is 1. The summed E-state index contributed by atoms with van der Waals surface area (Å²) in [6, 6.07) is 6.42. The van der Waals surface area contributed by atoms with Crippen molar-refractivity contribution in [2.24, 2.45) is 5.92 Å². The van der Waals surface area contributed by atoms with Crippen LogP contribution in [0.1, 0.15) is 68.9 Å². The fourth-order valence-corrected chi connectivity index (χ4v) is 5.26. The van der Waals surface area contributed by atoms with Crippen LogP contribution in [0.5, 0.6) is 5.75 Å². The molecule has 1 aromatic rings. The van der Waals surface area contributed by atoms with Crippen LogP contribution >= 0.6 is 0 Å². The number of fused-ring (bicyclic) bond motifs is 1. The molecular weight excluding hydrogens is 406 g/mol. The lowest BCUT2D eigenvalue weighted by Crippen LogP contribution is -2.33. The summed E-state index contributed by atoms with van der Waals surface area (Å²) in [6.45, 7) is 10.9. The summed E-state index contributed by atoms with van der Waals surface area (Å²) in [6.07, 6.45) is 17.9. The van der Waals surface area contributed by atoms with E-state index in [2.05, 4.69) is 54.5 Å². The maximum atomic E-state index is 13.0. The van der Waals surface area contributed by atoms with Crippen LogP contribution in [0.15, 0.2) is 66.4 Å². The van der Waals surface area contributed by atoms with E-state index in [9.17, 15) is 4.79 Å². The van der Waals surface area contributed by atoms with Crippen LogP contribution in [0.3, 0.4) is 0 Å². The van der Waals surface area contributed by atoms with Crippen LogP contribution in [-0.4, -0.2) is 30.4 Å². The second kappa shape index (κ2) is 11.5. The van der Waals surface area contributed by atoms with Crippen molar-refractivity contribution in [1.82, 2.24) is 4.90 Å². The largest absolute Gasteiger partial charge is 0.493 e. The molecule has 0 N–H and O–H groups in total. The van der Waals surface area contributed by atoms with Gasteiger partial charge in [-0.05, 0) is 68.1 Å². The highest BCUT2D eigenvalue weighted by Gasteiger charge is 2.21. The number of nitrogens with zero attached hydrogens (tertiary/aromatic N) is 1.